The highest BCUT2D eigenvalue weighted by molar-refractivity contribution is 5.96. The van der Waals surface area contributed by atoms with Crippen LogP contribution in [0.5, 0.6) is 0 Å². The first-order valence-electron chi connectivity index (χ1n) is 7.55. The van der Waals surface area contributed by atoms with Crippen molar-refractivity contribution < 1.29 is 4.79 Å². The van der Waals surface area contributed by atoms with Gasteiger partial charge in [0.25, 0.3) is 5.91 Å². The lowest BCUT2D eigenvalue weighted by Gasteiger charge is -2.21. The van der Waals surface area contributed by atoms with E-state index in [9.17, 15) is 9.59 Å². The van der Waals surface area contributed by atoms with Crippen LogP contribution in [0.1, 0.15) is 36.0 Å². The first kappa shape index (κ1) is 12.6. The van der Waals surface area contributed by atoms with E-state index in [0.717, 1.165) is 18.4 Å². The number of H-pyrrole nitrogens is 2. The molecule has 6 heteroatoms. The Kier molecular flexibility index (Phi) is 2.83. The molecule has 110 valence electrons. The maximum Gasteiger partial charge on any atom is 0.325 e. The molecule has 2 fully saturated rings. The molecule has 2 bridgehead atoms. The van der Waals surface area contributed by atoms with E-state index < -0.39 is 0 Å². The van der Waals surface area contributed by atoms with Crippen LogP contribution in [0.15, 0.2) is 17.1 Å². The SMILES string of the molecule is O=C(NC[C@H]1C[C@H]2CC[C@H]1C2)c1cnc2[nH]c(=O)[nH]c2c1. The van der Waals surface area contributed by atoms with Gasteiger partial charge in [-0.3, -0.25) is 9.78 Å². The second kappa shape index (κ2) is 4.72. The molecule has 21 heavy (non-hydrogen) atoms. The van der Waals surface area contributed by atoms with Gasteiger partial charge in [0.2, 0.25) is 0 Å². The van der Waals surface area contributed by atoms with Crippen LogP contribution in [0.2, 0.25) is 0 Å². The van der Waals surface area contributed by atoms with Crippen LogP contribution in [0.4, 0.5) is 0 Å². The van der Waals surface area contributed by atoms with Crippen molar-refractivity contribution in [3.63, 3.8) is 0 Å². The minimum absolute atomic E-state index is 0.116. The Balaban J connectivity index is 1.44. The standard InChI is InChI=1S/C15H18N4O2/c20-14(17-6-10-4-8-1-2-9(10)3-8)11-5-12-13(16-7-11)19-15(21)18-12/h5,7-10H,1-4,6H2,(H,17,20)(H2,16,18,19,21)/t8-,9-,10+/m0/s1. The van der Waals surface area contributed by atoms with Crippen LogP contribution in [-0.4, -0.2) is 27.4 Å². The molecule has 0 spiro atoms. The zero-order chi connectivity index (χ0) is 14.4. The van der Waals surface area contributed by atoms with Crippen molar-refractivity contribution in [2.45, 2.75) is 25.7 Å². The van der Waals surface area contributed by atoms with E-state index in [1.807, 2.05) is 0 Å². The summed E-state index contributed by atoms with van der Waals surface area (Å²) in [6.07, 6.45) is 6.80. The summed E-state index contributed by atoms with van der Waals surface area (Å²) in [7, 11) is 0. The van der Waals surface area contributed by atoms with Crippen LogP contribution in [0.3, 0.4) is 0 Å². The van der Waals surface area contributed by atoms with Gasteiger partial charge in [0.1, 0.15) is 0 Å². The van der Waals surface area contributed by atoms with Crippen molar-refractivity contribution in [2.24, 2.45) is 17.8 Å². The number of aromatic nitrogens is 3. The monoisotopic (exact) mass is 286 g/mol. The minimum Gasteiger partial charge on any atom is -0.352 e. The normalized spacial score (nSPS) is 27.3. The number of pyridine rings is 1. The minimum atomic E-state index is -0.308. The summed E-state index contributed by atoms with van der Waals surface area (Å²) in [6.45, 7) is 0.752. The zero-order valence-corrected chi connectivity index (χ0v) is 11.7. The average Bonchev–Trinajstić information content (AvgIpc) is 3.17. The van der Waals surface area contributed by atoms with Crippen molar-refractivity contribution in [3.05, 3.63) is 28.3 Å². The molecule has 2 aromatic heterocycles. The maximum absolute atomic E-state index is 12.2. The number of hydrogen-bond donors (Lipinski definition) is 3. The molecular formula is C15H18N4O2. The Bertz CT molecular complexity index is 747. The van der Waals surface area contributed by atoms with Gasteiger partial charge >= 0.3 is 5.69 Å². The van der Waals surface area contributed by atoms with Crippen molar-refractivity contribution in [1.82, 2.24) is 20.3 Å². The van der Waals surface area contributed by atoms with Crippen LogP contribution >= 0.6 is 0 Å². The lowest BCUT2D eigenvalue weighted by atomic mass is 9.89. The highest BCUT2D eigenvalue weighted by Crippen LogP contribution is 2.47. The van der Waals surface area contributed by atoms with Gasteiger partial charge in [0.05, 0.1) is 11.1 Å². The van der Waals surface area contributed by atoms with E-state index in [-0.39, 0.29) is 11.6 Å². The van der Waals surface area contributed by atoms with Gasteiger partial charge in [-0.25, -0.2) is 9.78 Å². The molecule has 2 heterocycles. The van der Waals surface area contributed by atoms with Crippen LogP contribution in [0, 0.1) is 17.8 Å². The fraction of sp³-hybridized carbons (Fsp3) is 0.533. The highest BCUT2D eigenvalue weighted by atomic mass is 16.2. The number of nitrogens with one attached hydrogen (secondary N) is 3. The van der Waals surface area contributed by atoms with Gasteiger partial charge in [-0.2, -0.15) is 0 Å². The number of nitrogens with zero attached hydrogens (tertiary/aromatic N) is 1. The number of fused-ring (bicyclic) bond motifs is 3. The summed E-state index contributed by atoms with van der Waals surface area (Å²) >= 11 is 0. The Hall–Kier alpha value is -2.11. The second-order valence-corrected chi connectivity index (χ2v) is 6.34. The average molecular weight is 286 g/mol. The van der Waals surface area contributed by atoms with E-state index in [4.69, 9.17) is 0 Å². The fourth-order valence-electron chi connectivity index (χ4n) is 4.00. The lowest BCUT2D eigenvalue weighted by molar-refractivity contribution is 0.0941. The van der Waals surface area contributed by atoms with Gasteiger partial charge in [0.15, 0.2) is 5.65 Å². The van der Waals surface area contributed by atoms with Crippen LogP contribution < -0.4 is 11.0 Å². The largest absolute Gasteiger partial charge is 0.352 e. The molecule has 2 aliphatic rings. The number of carbonyl (C=O) groups excluding carboxylic acids is 1. The first-order chi connectivity index (χ1) is 10.2. The fourth-order valence-corrected chi connectivity index (χ4v) is 4.00. The number of carbonyl (C=O) groups is 1. The summed E-state index contributed by atoms with van der Waals surface area (Å²) < 4.78 is 0. The third-order valence-electron chi connectivity index (χ3n) is 5.04. The van der Waals surface area contributed by atoms with Crippen LogP contribution in [0.25, 0.3) is 11.2 Å². The Morgan fingerprint density at radius 3 is 3.00 bits per heavy atom. The third kappa shape index (κ3) is 2.24. The quantitative estimate of drug-likeness (QED) is 0.797. The molecular weight excluding hydrogens is 268 g/mol. The lowest BCUT2D eigenvalue weighted by Crippen LogP contribution is -2.31. The molecule has 2 aliphatic carbocycles. The molecule has 0 aromatic carbocycles. The van der Waals surface area contributed by atoms with Crippen molar-refractivity contribution in [3.8, 4) is 0 Å². The maximum atomic E-state index is 12.2. The van der Waals surface area contributed by atoms with Crippen molar-refractivity contribution >= 4 is 17.1 Å². The van der Waals surface area contributed by atoms with Gasteiger partial charge < -0.3 is 10.3 Å². The van der Waals surface area contributed by atoms with Gasteiger partial charge in [-0.1, -0.05) is 6.42 Å². The van der Waals surface area contributed by atoms with Gasteiger partial charge in [-0.05, 0) is 43.1 Å². The summed E-state index contributed by atoms with van der Waals surface area (Å²) in [5.74, 6) is 2.21. The number of rotatable bonds is 3. The van der Waals surface area contributed by atoms with E-state index in [1.165, 1.54) is 31.9 Å². The van der Waals surface area contributed by atoms with E-state index in [0.29, 0.717) is 22.6 Å². The Labute approximate surface area is 121 Å². The second-order valence-electron chi connectivity index (χ2n) is 6.34. The Morgan fingerprint density at radius 1 is 1.33 bits per heavy atom. The van der Waals surface area contributed by atoms with Gasteiger partial charge in [-0.15, -0.1) is 0 Å². The number of aromatic amines is 2. The number of imidazole rings is 1. The molecule has 6 nitrogen and oxygen atoms in total. The molecule has 1 amide bonds. The van der Waals surface area contributed by atoms with E-state index >= 15 is 0 Å². The summed E-state index contributed by atoms with van der Waals surface area (Å²) in [6, 6.07) is 1.66. The molecule has 0 radical (unpaired) electrons. The van der Waals surface area contributed by atoms with E-state index in [2.05, 4.69) is 20.3 Å². The Morgan fingerprint density at radius 2 is 2.24 bits per heavy atom. The topological polar surface area (TPSA) is 90.6 Å². The smallest absolute Gasteiger partial charge is 0.325 e. The molecule has 3 atom stereocenters. The summed E-state index contributed by atoms with van der Waals surface area (Å²) in [5, 5.41) is 3.02. The first-order valence-corrected chi connectivity index (χ1v) is 7.55. The molecule has 4 rings (SSSR count). The predicted octanol–water partition coefficient (Wildman–Crippen LogP) is 1.42. The predicted molar refractivity (Wildman–Crippen MR) is 78.0 cm³/mol. The zero-order valence-electron chi connectivity index (χ0n) is 11.7. The molecule has 0 saturated heterocycles. The number of hydrogen-bond acceptors (Lipinski definition) is 3. The molecule has 2 aromatic rings. The third-order valence-corrected chi connectivity index (χ3v) is 5.04. The van der Waals surface area contributed by atoms with Crippen LogP contribution in [-0.2, 0) is 0 Å². The highest BCUT2D eigenvalue weighted by Gasteiger charge is 2.39. The molecule has 3 N–H and O–H groups in total. The molecule has 2 saturated carbocycles. The summed E-state index contributed by atoms with van der Waals surface area (Å²) in [5.41, 5.74) is 1.22. The summed E-state index contributed by atoms with van der Waals surface area (Å²) in [4.78, 5) is 32.7. The van der Waals surface area contributed by atoms with Crippen molar-refractivity contribution in [2.75, 3.05) is 6.54 Å². The van der Waals surface area contributed by atoms with Gasteiger partial charge in [0, 0.05) is 12.7 Å². The van der Waals surface area contributed by atoms with Crippen molar-refractivity contribution in [1.29, 1.82) is 0 Å². The van der Waals surface area contributed by atoms with E-state index in [1.54, 1.807) is 6.07 Å². The molecule has 0 aliphatic heterocycles. The number of amides is 1. The molecule has 0 unspecified atom stereocenters.